The van der Waals surface area contributed by atoms with Crippen molar-refractivity contribution in [2.75, 3.05) is 6.61 Å². The van der Waals surface area contributed by atoms with Gasteiger partial charge < -0.3 is 4.74 Å². The molecule has 0 unspecified atom stereocenters. The number of ether oxygens (including phenoxy) is 1. The van der Waals surface area contributed by atoms with E-state index in [0.29, 0.717) is 23.4 Å². The second-order valence-electron chi connectivity index (χ2n) is 4.43. The van der Waals surface area contributed by atoms with Gasteiger partial charge in [0.05, 0.1) is 6.61 Å². The van der Waals surface area contributed by atoms with Gasteiger partial charge in [-0.2, -0.15) is 0 Å². The third kappa shape index (κ3) is 1.85. The molecule has 0 aliphatic carbocycles. The zero-order valence-corrected chi connectivity index (χ0v) is 10.5. The average molecular weight is 264 g/mol. The van der Waals surface area contributed by atoms with Gasteiger partial charge in [0.1, 0.15) is 22.4 Å². The Balaban J connectivity index is 2.18. The van der Waals surface area contributed by atoms with Crippen LogP contribution in [-0.4, -0.2) is 11.6 Å². The van der Waals surface area contributed by atoms with Crippen molar-refractivity contribution in [1.29, 1.82) is 0 Å². The largest absolute Gasteiger partial charge is 0.490 e. The van der Waals surface area contributed by atoms with E-state index in [4.69, 9.17) is 16.3 Å². The Morgan fingerprint density at radius 2 is 2.06 bits per heavy atom. The predicted octanol–water partition coefficient (Wildman–Crippen LogP) is 4.04. The third-order valence-electron chi connectivity index (χ3n) is 3.10. The van der Waals surface area contributed by atoms with Gasteiger partial charge >= 0.3 is 0 Å². The van der Waals surface area contributed by atoms with Crippen molar-refractivity contribution in [3.05, 3.63) is 46.9 Å². The van der Waals surface area contributed by atoms with E-state index in [0.717, 1.165) is 16.9 Å². The molecule has 1 aromatic carbocycles. The van der Waals surface area contributed by atoms with Gasteiger partial charge in [-0.25, -0.2) is 9.37 Å². The molecule has 0 bridgehead atoms. The second kappa shape index (κ2) is 4.25. The summed E-state index contributed by atoms with van der Waals surface area (Å²) in [7, 11) is 0. The molecule has 3 rings (SSSR count). The Hall–Kier alpha value is -1.61. The van der Waals surface area contributed by atoms with Gasteiger partial charge in [-0.1, -0.05) is 18.5 Å². The summed E-state index contributed by atoms with van der Waals surface area (Å²) in [6, 6.07) is 8.01. The van der Waals surface area contributed by atoms with Crippen LogP contribution in [0.1, 0.15) is 18.4 Å². The SMILES string of the molecule is C[C@@H]1COc2c1cc(Cl)nc2-c1ccc(F)cc1. The standard InChI is InChI=1S/C14H11ClFNO/c1-8-7-18-14-11(8)6-12(15)17-13(14)9-2-4-10(16)5-3-9/h2-6,8H,7H2,1H3/t8-/m1/s1. The van der Waals surface area contributed by atoms with Crippen LogP contribution in [0.25, 0.3) is 11.3 Å². The maximum absolute atomic E-state index is 12.9. The van der Waals surface area contributed by atoms with E-state index in [1.165, 1.54) is 12.1 Å². The molecular formula is C14H11ClFNO. The van der Waals surface area contributed by atoms with Crippen molar-refractivity contribution < 1.29 is 9.13 Å². The summed E-state index contributed by atoms with van der Waals surface area (Å²) >= 11 is 6.03. The number of nitrogens with zero attached hydrogens (tertiary/aromatic N) is 1. The van der Waals surface area contributed by atoms with Crippen molar-refractivity contribution >= 4 is 11.6 Å². The highest BCUT2D eigenvalue weighted by molar-refractivity contribution is 6.29. The molecule has 1 atom stereocenters. The molecule has 4 heteroatoms. The zero-order chi connectivity index (χ0) is 12.7. The lowest BCUT2D eigenvalue weighted by atomic mass is 10.0. The minimum atomic E-state index is -0.272. The van der Waals surface area contributed by atoms with Crippen LogP contribution in [0.4, 0.5) is 4.39 Å². The van der Waals surface area contributed by atoms with E-state index in [1.807, 2.05) is 6.07 Å². The first-order chi connectivity index (χ1) is 8.65. The Morgan fingerprint density at radius 1 is 1.33 bits per heavy atom. The van der Waals surface area contributed by atoms with Crippen LogP contribution in [0.5, 0.6) is 5.75 Å². The van der Waals surface area contributed by atoms with E-state index in [9.17, 15) is 4.39 Å². The maximum atomic E-state index is 12.9. The van der Waals surface area contributed by atoms with Crippen LogP contribution in [0.15, 0.2) is 30.3 Å². The number of benzene rings is 1. The van der Waals surface area contributed by atoms with Crippen LogP contribution in [0.2, 0.25) is 5.15 Å². The minimum Gasteiger partial charge on any atom is -0.490 e. The molecule has 0 N–H and O–H groups in total. The molecule has 0 saturated carbocycles. The van der Waals surface area contributed by atoms with Crippen LogP contribution >= 0.6 is 11.6 Å². The molecule has 0 radical (unpaired) electrons. The summed E-state index contributed by atoms with van der Waals surface area (Å²) in [5.74, 6) is 0.796. The topological polar surface area (TPSA) is 22.1 Å². The Labute approximate surface area is 109 Å². The molecule has 0 spiro atoms. The van der Waals surface area contributed by atoms with Gasteiger partial charge in [0, 0.05) is 17.0 Å². The third-order valence-corrected chi connectivity index (χ3v) is 3.29. The number of hydrogen-bond donors (Lipinski definition) is 0. The van der Waals surface area contributed by atoms with Crippen molar-refractivity contribution in [2.45, 2.75) is 12.8 Å². The van der Waals surface area contributed by atoms with Crippen molar-refractivity contribution in [3.63, 3.8) is 0 Å². The van der Waals surface area contributed by atoms with E-state index < -0.39 is 0 Å². The normalized spacial score (nSPS) is 17.4. The smallest absolute Gasteiger partial charge is 0.149 e. The number of fused-ring (bicyclic) bond motifs is 1. The predicted molar refractivity (Wildman–Crippen MR) is 68.6 cm³/mol. The van der Waals surface area contributed by atoms with E-state index in [2.05, 4.69) is 11.9 Å². The summed E-state index contributed by atoms with van der Waals surface area (Å²) in [5, 5.41) is 0.436. The number of halogens is 2. The molecule has 92 valence electrons. The number of pyridine rings is 1. The van der Waals surface area contributed by atoms with Gasteiger partial charge in [-0.3, -0.25) is 0 Å². The lowest BCUT2D eigenvalue weighted by Gasteiger charge is -2.08. The molecular weight excluding hydrogens is 253 g/mol. The van der Waals surface area contributed by atoms with E-state index in [1.54, 1.807) is 12.1 Å². The van der Waals surface area contributed by atoms with Crippen molar-refractivity contribution in [1.82, 2.24) is 4.98 Å². The maximum Gasteiger partial charge on any atom is 0.149 e. The highest BCUT2D eigenvalue weighted by Crippen LogP contribution is 2.41. The molecule has 0 saturated heterocycles. The zero-order valence-electron chi connectivity index (χ0n) is 9.78. The number of rotatable bonds is 1. The van der Waals surface area contributed by atoms with Crippen LogP contribution in [-0.2, 0) is 0 Å². The molecule has 1 aromatic heterocycles. The van der Waals surface area contributed by atoms with E-state index in [-0.39, 0.29) is 5.82 Å². The molecule has 2 aromatic rings. The van der Waals surface area contributed by atoms with Crippen LogP contribution < -0.4 is 4.74 Å². The number of aromatic nitrogens is 1. The lowest BCUT2D eigenvalue weighted by molar-refractivity contribution is 0.337. The minimum absolute atomic E-state index is 0.272. The second-order valence-corrected chi connectivity index (χ2v) is 4.82. The molecule has 2 nitrogen and oxygen atoms in total. The Morgan fingerprint density at radius 3 is 2.78 bits per heavy atom. The molecule has 18 heavy (non-hydrogen) atoms. The molecule has 0 amide bonds. The molecule has 2 heterocycles. The fourth-order valence-electron chi connectivity index (χ4n) is 2.14. The molecule has 1 aliphatic heterocycles. The summed E-state index contributed by atoms with van der Waals surface area (Å²) in [5.41, 5.74) is 2.56. The fourth-order valence-corrected chi connectivity index (χ4v) is 2.34. The average Bonchev–Trinajstić information content (AvgIpc) is 2.71. The first-order valence-electron chi connectivity index (χ1n) is 5.74. The monoisotopic (exact) mass is 263 g/mol. The van der Waals surface area contributed by atoms with Crippen LogP contribution in [0, 0.1) is 5.82 Å². The van der Waals surface area contributed by atoms with Gasteiger partial charge in [0.25, 0.3) is 0 Å². The van der Waals surface area contributed by atoms with Crippen molar-refractivity contribution in [3.8, 4) is 17.0 Å². The molecule has 0 fully saturated rings. The summed E-state index contributed by atoms with van der Waals surface area (Å²) in [4.78, 5) is 4.30. The number of hydrogen-bond acceptors (Lipinski definition) is 2. The Kier molecular flexibility index (Phi) is 2.71. The summed E-state index contributed by atoms with van der Waals surface area (Å²) in [6.07, 6.45) is 0. The van der Waals surface area contributed by atoms with Crippen molar-refractivity contribution in [2.24, 2.45) is 0 Å². The lowest BCUT2D eigenvalue weighted by Crippen LogP contribution is -1.93. The molecule has 1 aliphatic rings. The first-order valence-corrected chi connectivity index (χ1v) is 6.12. The first kappa shape index (κ1) is 11.5. The van der Waals surface area contributed by atoms with Gasteiger partial charge in [-0.15, -0.1) is 0 Å². The highest BCUT2D eigenvalue weighted by Gasteiger charge is 2.25. The van der Waals surface area contributed by atoms with Gasteiger partial charge in [-0.05, 0) is 30.3 Å². The summed E-state index contributed by atoms with van der Waals surface area (Å²) in [6.45, 7) is 2.71. The van der Waals surface area contributed by atoms with Gasteiger partial charge in [0.2, 0.25) is 0 Å². The highest BCUT2D eigenvalue weighted by atomic mass is 35.5. The Bertz CT molecular complexity index is 597. The van der Waals surface area contributed by atoms with E-state index >= 15 is 0 Å². The fraction of sp³-hybridized carbons (Fsp3) is 0.214. The summed E-state index contributed by atoms with van der Waals surface area (Å²) < 4.78 is 18.6. The van der Waals surface area contributed by atoms with Gasteiger partial charge in [0.15, 0.2) is 0 Å². The van der Waals surface area contributed by atoms with Crippen LogP contribution in [0.3, 0.4) is 0 Å². The quantitative estimate of drug-likeness (QED) is 0.725.